The first kappa shape index (κ1) is 15.0. The van der Waals surface area contributed by atoms with Crippen molar-refractivity contribution < 1.29 is 14.7 Å². The van der Waals surface area contributed by atoms with Gasteiger partial charge in [0.2, 0.25) is 5.91 Å². The largest absolute Gasteiger partial charge is 0.476 e. The van der Waals surface area contributed by atoms with Crippen LogP contribution in [0.1, 0.15) is 36.3 Å². The predicted molar refractivity (Wildman–Crippen MR) is 74.7 cm³/mol. The summed E-state index contributed by atoms with van der Waals surface area (Å²) in [7, 11) is 0. The summed E-state index contributed by atoms with van der Waals surface area (Å²) in [4.78, 5) is 24.9. The molecule has 1 N–H and O–H groups in total. The molecule has 1 aromatic heterocycles. The highest BCUT2D eigenvalue weighted by molar-refractivity contribution is 5.84. The third kappa shape index (κ3) is 3.38. The number of carbonyl (C=O) groups is 2. The van der Waals surface area contributed by atoms with E-state index in [1.807, 2.05) is 6.92 Å². The summed E-state index contributed by atoms with van der Waals surface area (Å²) < 4.78 is 1.54. The normalized spacial score (nSPS) is 19.7. The van der Waals surface area contributed by atoms with Crippen LogP contribution in [-0.2, 0) is 4.79 Å². The lowest BCUT2D eigenvalue weighted by molar-refractivity contribution is -0.135. The molecule has 7 heteroatoms. The zero-order valence-electron chi connectivity index (χ0n) is 11.9. The highest BCUT2D eigenvalue weighted by Gasteiger charge is 2.27. The minimum atomic E-state index is -1.10. The van der Waals surface area contributed by atoms with Gasteiger partial charge in [-0.1, -0.05) is 11.8 Å². The first-order chi connectivity index (χ1) is 10.0. The molecule has 1 aromatic rings. The van der Waals surface area contributed by atoms with E-state index in [2.05, 4.69) is 22.6 Å². The van der Waals surface area contributed by atoms with Crippen molar-refractivity contribution in [1.29, 1.82) is 0 Å². The Morgan fingerprint density at radius 3 is 3.00 bits per heavy atom. The molecule has 1 aliphatic rings. The number of aromatic nitrogens is 3. The summed E-state index contributed by atoms with van der Waals surface area (Å²) in [5, 5.41) is 16.3. The van der Waals surface area contributed by atoms with E-state index in [0.717, 1.165) is 12.8 Å². The molecule has 1 aliphatic heterocycles. The third-order valence-corrected chi connectivity index (χ3v) is 3.57. The van der Waals surface area contributed by atoms with Crippen molar-refractivity contribution >= 4 is 11.9 Å². The molecule has 2 rings (SSSR count). The number of hydrogen-bond donors (Lipinski definition) is 1. The fourth-order valence-electron chi connectivity index (χ4n) is 2.46. The van der Waals surface area contributed by atoms with Gasteiger partial charge in [-0.05, 0) is 25.8 Å². The number of rotatable bonds is 4. The van der Waals surface area contributed by atoms with E-state index < -0.39 is 5.97 Å². The maximum absolute atomic E-state index is 12.3. The molecule has 2 unspecified atom stereocenters. The van der Waals surface area contributed by atoms with Crippen LogP contribution in [0.2, 0.25) is 0 Å². The van der Waals surface area contributed by atoms with Crippen molar-refractivity contribution in [3.63, 3.8) is 0 Å². The van der Waals surface area contributed by atoms with Gasteiger partial charge in [-0.15, -0.1) is 10.8 Å². The number of carbonyl (C=O) groups excluding carboxylic acids is 1. The SMILES string of the molecule is C=C=CC(C)C(=O)N1CCCC(n2cc(C(=O)O)nn2)C1. The Balaban J connectivity index is 2.07. The molecule has 1 saturated heterocycles. The van der Waals surface area contributed by atoms with E-state index in [1.54, 1.807) is 11.0 Å². The van der Waals surface area contributed by atoms with E-state index in [-0.39, 0.29) is 23.6 Å². The van der Waals surface area contributed by atoms with E-state index in [1.165, 1.54) is 10.9 Å². The van der Waals surface area contributed by atoms with Crippen molar-refractivity contribution in [2.75, 3.05) is 13.1 Å². The smallest absolute Gasteiger partial charge is 0.358 e. The second-order valence-electron chi connectivity index (χ2n) is 5.13. The van der Waals surface area contributed by atoms with Gasteiger partial charge in [0.05, 0.1) is 18.2 Å². The number of hydrogen-bond acceptors (Lipinski definition) is 4. The van der Waals surface area contributed by atoms with Gasteiger partial charge in [-0.2, -0.15) is 0 Å². The Morgan fingerprint density at radius 2 is 2.38 bits per heavy atom. The molecule has 1 fully saturated rings. The average Bonchev–Trinajstić information content (AvgIpc) is 2.97. The molecule has 0 aromatic carbocycles. The highest BCUT2D eigenvalue weighted by Crippen LogP contribution is 2.22. The summed E-state index contributed by atoms with van der Waals surface area (Å²) in [6.07, 6.45) is 4.75. The first-order valence-electron chi connectivity index (χ1n) is 6.82. The van der Waals surface area contributed by atoms with Crippen molar-refractivity contribution in [2.45, 2.75) is 25.8 Å². The number of aromatic carboxylic acids is 1. The fraction of sp³-hybridized carbons (Fsp3) is 0.500. The molecule has 112 valence electrons. The lowest BCUT2D eigenvalue weighted by atomic mass is 10.0. The molecular weight excluding hydrogens is 272 g/mol. The van der Waals surface area contributed by atoms with Crippen molar-refractivity contribution in [1.82, 2.24) is 19.9 Å². The zero-order valence-corrected chi connectivity index (χ0v) is 11.9. The molecule has 2 atom stereocenters. The second kappa shape index (κ2) is 6.37. The Labute approximate surface area is 122 Å². The minimum absolute atomic E-state index is 0.0226. The highest BCUT2D eigenvalue weighted by atomic mass is 16.4. The van der Waals surface area contributed by atoms with Gasteiger partial charge >= 0.3 is 5.97 Å². The molecule has 1 amide bonds. The van der Waals surface area contributed by atoms with Crippen molar-refractivity contribution in [2.24, 2.45) is 5.92 Å². The van der Waals surface area contributed by atoms with Crippen LogP contribution < -0.4 is 0 Å². The van der Waals surface area contributed by atoms with Crippen LogP contribution in [0.15, 0.2) is 24.6 Å². The van der Waals surface area contributed by atoms with Crippen LogP contribution in [-0.4, -0.2) is 50.0 Å². The molecule has 0 bridgehead atoms. The molecule has 0 spiro atoms. The van der Waals surface area contributed by atoms with Gasteiger partial charge < -0.3 is 10.0 Å². The van der Waals surface area contributed by atoms with Crippen LogP contribution in [0.5, 0.6) is 0 Å². The van der Waals surface area contributed by atoms with Gasteiger partial charge in [-0.25, -0.2) is 9.48 Å². The molecular formula is C14H18N4O3. The summed E-state index contributed by atoms with van der Waals surface area (Å²) >= 11 is 0. The Bertz CT molecular complexity index is 589. The van der Waals surface area contributed by atoms with Gasteiger partial charge in [0.1, 0.15) is 0 Å². The minimum Gasteiger partial charge on any atom is -0.476 e. The molecule has 2 heterocycles. The number of carboxylic acids is 1. The van der Waals surface area contributed by atoms with Crippen LogP contribution in [0.25, 0.3) is 0 Å². The Kier molecular flexibility index (Phi) is 4.55. The Morgan fingerprint density at radius 1 is 1.62 bits per heavy atom. The van der Waals surface area contributed by atoms with Crippen molar-refractivity contribution in [3.8, 4) is 0 Å². The fourth-order valence-corrected chi connectivity index (χ4v) is 2.46. The van der Waals surface area contributed by atoms with Crippen LogP contribution >= 0.6 is 0 Å². The van der Waals surface area contributed by atoms with Crippen molar-refractivity contribution in [3.05, 3.63) is 30.3 Å². The lowest BCUT2D eigenvalue weighted by Crippen LogP contribution is -2.42. The maximum atomic E-state index is 12.3. The lowest BCUT2D eigenvalue weighted by Gasteiger charge is -2.33. The number of nitrogens with zero attached hydrogens (tertiary/aromatic N) is 4. The molecule has 0 radical (unpaired) electrons. The number of amides is 1. The summed E-state index contributed by atoms with van der Waals surface area (Å²) in [6.45, 7) is 6.50. The molecule has 7 nitrogen and oxygen atoms in total. The van der Waals surface area contributed by atoms with Gasteiger partial charge in [0.15, 0.2) is 5.69 Å². The van der Waals surface area contributed by atoms with Crippen LogP contribution in [0.3, 0.4) is 0 Å². The van der Waals surface area contributed by atoms with Gasteiger partial charge in [-0.3, -0.25) is 4.79 Å². The van der Waals surface area contributed by atoms with E-state index in [0.29, 0.717) is 13.1 Å². The number of carboxylic acid groups (broad SMARTS) is 1. The van der Waals surface area contributed by atoms with Crippen LogP contribution in [0.4, 0.5) is 0 Å². The van der Waals surface area contributed by atoms with E-state index >= 15 is 0 Å². The van der Waals surface area contributed by atoms with E-state index in [4.69, 9.17) is 5.11 Å². The topological polar surface area (TPSA) is 88.3 Å². The molecule has 0 saturated carbocycles. The van der Waals surface area contributed by atoms with Gasteiger partial charge in [0.25, 0.3) is 0 Å². The maximum Gasteiger partial charge on any atom is 0.358 e. The summed E-state index contributed by atoms with van der Waals surface area (Å²) in [5.74, 6) is -1.34. The average molecular weight is 290 g/mol. The number of likely N-dealkylation sites (tertiary alicyclic amines) is 1. The summed E-state index contributed by atoms with van der Waals surface area (Å²) in [6, 6.07) is -0.0387. The molecule has 21 heavy (non-hydrogen) atoms. The third-order valence-electron chi connectivity index (χ3n) is 3.57. The quantitative estimate of drug-likeness (QED) is 0.839. The monoisotopic (exact) mass is 290 g/mol. The number of piperidine rings is 1. The van der Waals surface area contributed by atoms with Crippen LogP contribution in [0, 0.1) is 5.92 Å². The predicted octanol–water partition coefficient (Wildman–Crippen LogP) is 1.12. The van der Waals surface area contributed by atoms with Gasteiger partial charge in [0, 0.05) is 13.1 Å². The Hall–Kier alpha value is -2.40. The van der Waals surface area contributed by atoms with E-state index in [9.17, 15) is 9.59 Å². The molecule has 0 aliphatic carbocycles. The summed E-state index contributed by atoms with van der Waals surface area (Å²) in [5.41, 5.74) is 2.55. The second-order valence-corrected chi connectivity index (χ2v) is 5.13. The zero-order chi connectivity index (χ0) is 15.4. The first-order valence-corrected chi connectivity index (χ1v) is 6.82. The standard InChI is InChI=1S/C14H18N4O3/c1-3-5-10(2)13(19)17-7-4-6-11(8-17)18-9-12(14(20)21)15-16-18/h5,9-11H,1,4,6-8H2,2H3,(H,20,21).